The highest BCUT2D eigenvalue weighted by atomic mass is 16.4. The molecule has 8 nitrogen and oxygen atoms in total. The Morgan fingerprint density at radius 1 is 1.21 bits per heavy atom. The first-order chi connectivity index (χ1) is 13.6. The van der Waals surface area contributed by atoms with Gasteiger partial charge in [-0.25, -0.2) is 14.5 Å². The Morgan fingerprint density at radius 2 is 1.96 bits per heavy atom. The van der Waals surface area contributed by atoms with E-state index in [9.17, 15) is 4.79 Å². The molecule has 0 bridgehead atoms. The number of carbonyl (C=O) groups is 1. The molecule has 146 valence electrons. The molecule has 0 atom stereocenters. The fourth-order valence-electron chi connectivity index (χ4n) is 3.92. The predicted molar refractivity (Wildman–Crippen MR) is 107 cm³/mol. The second kappa shape index (κ2) is 7.84. The van der Waals surface area contributed by atoms with Gasteiger partial charge in [0.2, 0.25) is 5.95 Å². The molecule has 1 aliphatic carbocycles. The van der Waals surface area contributed by atoms with Gasteiger partial charge in [0.25, 0.3) is 0 Å². The maximum atomic E-state index is 10.8. The molecule has 8 heteroatoms. The molecular formula is C20H24N6O2. The molecule has 3 aromatic rings. The van der Waals surface area contributed by atoms with Crippen LogP contribution in [0.25, 0.3) is 22.3 Å². The molecule has 1 aliphatic rings. The lowest BCUT2D eigenvalue weighted by atomic mass is 9.86. The average Bonchev–Trinajstić information content (AvgIpc) is 3.07. The van der Waals surface area contributed by atoms with E-state index in [0.717, 1.165) is 54.5 Å². The van der Waals surface area contributed by atoms with Gasteiger partial charge in [0, 0.05) is 31.4 Å². The molecule has 1 amide bonds. The minimum absolute atomic E-state index is 0.0567. The number of hydrogen-bond donors (Lipinski definition) is 3. The smallest absolute Gasteiger partial charge is 0.404 e. The fraction of sp³-hybridized carbons (Fsp3) is 0.400. The van der Waals surface area contributed by atoms with Gasteiger partial charge in [-0.15, -0.1) is 0 Å². The van der Waals surface area contributed by atoms with Crippen LogP contribution in [-0.4, -0.2) is 44.0 Å². The van der Waals surface area contributed by atoms with Crippen molar-refractivity contribution < 1.29 is 9.90 Å². The van der Waals surface area contributed by atoms with Gasteiger partial charge in [-0.3, -0.25) is 0 Å². The zero-order chi connectivity index (χ0) is 19.5. The second-order valence-electron chi connectivity index (χ2n) is 7.24. The Morgan fingerprint density at radius 3 is 2.64 bits per heavy atom. The Balaban J connectivity index is 1.61. The zero-order valence-electron chi connectivity index (χ0n) is 15.8. The van der Waals surface area contributed by atoms with Crippen LogP contribution < -0.4 is 10.6 Å². The van der Waals surface area contributed by atoms with Crippen LogP contribution in [0.5, 0.6) is 0 Å². The molecule has 1 fully saturated rings. The molecule has 2 heterocycles. The number of carboxylic acid groups (broad SMARTS) is 1. The number of benzene rings is 1. The summed E-state index contributed by atoms with van der Waals surface area (Å²) in [4.78, 5) is 19.9. The van der Waals surface area contributed by atoms with Gasteiger partial charge in [-0.2, -0.15) is 10.1 Å². The third kappa shape index (κ3) is 3.76. The summed E-state index contributed by atoms with van der Waals surface area (Å²) in [6, 6.07) is 10.1. The highest BCUT2D eigenvalue weighted by Gasteiger charge is 2.24. The number of hydrogen-bond acceptors (Lipinski definition) is 5. The molecule has 4 rings (SSSR count). The van der Waals surface area contributed by atoms with E-state index in [4.69, 9.17) is 10.2 Å². The Hall–Kier alpha value is -3.16. The van der Waals surface area contributed by atoms with Crippen LogP contribution in [0.4, 0.5) is 10.7 Å². The number of nitrogens with one attached hydrogen (secondary N) is 2. The van der Waals surface area contributed by atoms with Crippen molar-refractivity contribution in [1.82, 2.24) is 25.1 Å². The number of nitrogens with zero attached hydrogens (tertiary/aromatic N) is 4. The molecule has 1 saturated carbocycles. The lowest BCUT2D eigenvalue weighted by Gasteiger charge is -2.28. The first-order valence-corrected chi connectivity index (χ1v) is 9.60. The molecule has 28 heavy (non-hydrogen) atoms. The van der Waals surface area contributed by atoms with Gasteiger partial charge in [0.05, 0.1) is 5.39 Å². The van der Waals surface area contributed by atoms with Crippen LogP contribution in [0.15, 0.2) is 36.5 Å². The summed E-state index contributed by atoms with van der Waals surface area (Å²) in [6.45, 7) is 0.767. The highest BCUT2D eigenvalue weighted by molar-refractivity contribution is 5.91. The fourth-order valence-corrected chi connectivity index (χ4v) is 3.92. The van der Waals surface area contributed by atoms with E-state index in [1.54, 1.807) is 7.05 Å². The highest BCUT2D eigenvalue weighted by Crippen LogP contribution is 2.30. The molecule has 0 aliphatic heterocycles. The summed E-state index contributed by atoms with van der Waals surface area (Å²) in [7, 11) is 1.80. The first-order valence-electron chi connectivity index (χ1n) is 9.60. The van der Waals surface area contributed by atoms with Crippen molar-refractivity contribution in [3.63, 3.8) is 0 Å². The van der Waals surface area contributed by atoms with E-state index in [2.05, 4.69) is 20.6 Å². The molecule has 0 spiro atoms. The average molecular weight is 380 g/mol. The van der Waals surface area contributed by atoms with E-state index in [1.165, 1.54) is 0 Å². The molecule has 0 unspecified atom stereocenters. The van der Waals surface area contributed by atoms with Gasteiger partial charge in [-0.1, -0.05) is 30.3 Å². The SMILES string of the molecule is CNc1ncc2c(-c3ccccc3)nn(C[C@H]3CC[C@H](NC(=O)O)CC3)c2n1. The number of amides is 1. The van der Waals surface area contributed by atoms with Crippen molar-refractivity contribution in [2.24, 2.45) is 5.92 Å². The lowest BCUT2D eigenvalue weighted by Crippen LogP contribution is -2.37. The summed E-state index contributed by atoms with van der Waals surface area (Å²) in [5.41, 5.74) is 2.75. The van der Waals surface area contributed by atoms with E-state index < -0.39 is 6.09 Å². The van der Waals surface area contributed by atoms with E-state index >= 15 is 0 Å². The van der Waals surface area contributed by atoms with Crippen molar-refractivity contribution in [1.29, 1.82) is 0 Å². The van der Waals surface area contributed by atoms with Crippen LogP contribution in [0.1, 0.15) is 25.7 Å². The van der Waals surface area contributed by atoms with E-state index in [1.807, 2.05) is 41.2 Å². The minimum atomic E-state index is -0.940. The van der Waals surface area contributed by atoms with Gasteiger partial charge < -0.3 is 15.7 Å². The van der Waals surface area contributed by atoms with Gasteiger partial charge in [0.15, 0.2) is 5.65 Å². The second-order valence-corrected chi connectivity index (χ2v) is 7.24. The number of anilines is 1. The summed E-state index contributed by atoms with van der Waals surface area (Å²) in [5.74, 6) is 1.02. The van der Waals surface area contributed by atoms with Gasteiger partial charge in [0.1, 0.15) is 5.69 Å². The summed E-state index contributed by atoms with van der Waals surface area (Å²) in [6.07, 6.45) is 4.55. The van der Waals surface area contributed by atoms with Crippen LogP contribution in [0.2, 0.25) is 0 Å². The summed E-state index contributed by atoms with van der Waals surface area (Å²) >= 11 is 0. The lowest BCUT2D eigenvalue weighted by molar-refractivity contribution is 0.180. The third-order valence-corrected chi connectivity index (χ3v) is 5.37. The van der Waals surface area contributed by atoms with Gasteiger partial charge in [-0.05, 0) is 31.6 Å². The minimum Gasteiger partial charge on any atom is -0.465 e. The van der Waals surface area contributed by atoms with Crippen molar-refractivity contribution in [3.8, 4) is 11.3 Å². The van der Waals surface area contributed by atoms with Crippen molar-refractivity contribution in [2.45, 2.75) is 38.3 Å². The molecule has 2 aromatic heterocycles. The number of rotatable bonds is 5. The van der Waals surface area contributed by atoms with Crippen molar-refractivity contribution in [2.75, 3.05) is 12.4 Å². The van der Waals surface area contributed by atoms with E-state index in [0.29, 0.717) is 11.9 Å². The third-order valence-electron chi connectivity index (χ3n) is 5.37. The number of fused-ring (bicyclic) bond motifs is 1. The Kier molecular flexibility index (Phi) is 5.10. The Labute approximate surface area is 163 Å². The summed E-state index contributed by atoms with van der Waals surface area (Å²) in [5, 5.41) is 20.3. The number of aromatic nitrogens is 4. The predicted octanol–water partition coefficient (Wildman–Crippen LogP) is 3.36. The van der Waals surface area contributed by atoms with Gasteiger partial charge >= 0.3 is 6.09 Å². The molecule has 0 radical (unpaired) electrons. The van der Waals surface area contributed by atoms with Crippen molar-refractivity contribution >= 4 is 23.1 Å². The normalized spacial score (nSPS) is 19.5. The van der Waals surface area contributed by atoms with Crippen LogP contribution in [-0.2, 0) is 6.54 Å². The molecular weight excluding hydrogens is 356 g/mol. The Bertz CT molecular complexity index is 963. The van der Waals surface area contributed by atoms with Crippen molar-refractivity contribution in [3.05, 3.63) is 36.5 Å². The first kappa shape index (κ1) is 18.2. The standard InChI is InChI=1S/C20H24N6O2/c1-21-19-22-11-16-17(14-5-3-2-4-6-14)25-26(18(16)24-19)12-13-7-9-15(10-8-13)23-20(27)28/h2-6,11,13,15,23H,7-10,12H2,1H3,(H,27,28)(H,21,22,24)/t13-,15-. The quantitative estimate of drug-likeness (QED) is 0.627. The molecule has 0 saturated heterocycles. The molecule has 3 N–H and O–H groups in total. The van der Waals surface area contributed by atoms with Crippen LogP contribution >= 0.6 is 0 Å². The zero-order valence-corrected chi connectivity index (χ0v) is 15.8. The monoisotopic (exact) mass is 380 g/mol. The van der Waals surface area contributed by atoms with Crippen LogP contribution in [0.3, 0.4) is 0 Å². The maximum Gasteiger partial charge on any atom is 0.404 e. The maximum absolute atomic E-state index is 10.8. The van der Waals surface area contributed by atoms with Crippen LogP contribution in [0, 0.1) is 5.92 Å². The van der Waals surface area contributed by atoms with E-state index in [-0.39, 0.29) is 6.04 Å². The summed E-state index contributed by atoms with van der Waals surface area (Å²) < 4.78 is 1.98. The molecule has 1 aromatic carbocycles. The topological polar surface area (TPSA) is 105 Å². The largest absolute Gasteiger partial charge is 0.465 e.